The van der Waals surface area contributed by atoms with Crippen molar-refractivity contribution in [1.82, 2.24) is 0 Å². The van der Waals surface area contributed by atoms with E-state index in [0.29, 0.717) is 0 Å². The molecule has 2 aromatic rings. The Morgan fingerprint density at radius 2 is 1.80 bits per heavy atom. The van der Waals surface area contributed by atoms with E-state index in [2.05, 4.69) is 4.18 Å². The molecule has 0 spiro atoms. The topological polar surface area (TPSA) is 136 Å². The summed E-state index contributed by atoms with van der Waals surface area (Å²) in [4.78, 5) is -0.564. The van der Waals surface area contributed by atoms with Gasteiger partial charge in [0.2, 0.25) is 0 Å². The largest absolute Gasteiger partial charge is 1.00 e. The van der Waals surface area contributed by atoms with Gasteiger partial charge in [0.1, 0.15) is 38.7 Å². The van der Waals surface area contributed by atoms with Crippen LogP contribution in [0.25, 0.3) is 10.8 Å². The minimum atomic E-state index is -4.77. The Morgan fingerprint density at radius 1 is 1.20 bits per heavy atom. The van der Waals surface area contributed by atoms with E-state index in [-0.39, 0.29) is 99.3 Å². The molecule has 0 aliphatic heterocycles. The summed E-state index contributed by atoms with van der Waals surface area (Å²) in [7, 11) is -4.77. The van der Waals surface area contributed by atoms with Crippen molar-refractivity contribution < 1.29 is 94.9 Å². The first-order valence-corrected chi connectivity index (χ1v) is 8.72. The smallest absolute Gasteiger partial charge is 0.744 e. The molecule has 0 saturated heterocycles. The summed E-state index contributed by atoms with van der Waals surface area (Å²) < 4.78 is 64.9. The van der Waals surface area contributed by atoms with Crippen LogP contribution >= 0.6 is 0 Å². The minimum Gasteiger partial charge on any atom is -0.744 e. The number of phenols is 1. The monoisotopic (exact) mass is 406 g/mol. The molecule has 0 saturated carbocycles. The fourth-order valence-electron chi connectivity index (χ4n) is 2.11. The van der Waals surface area contributed by atoms with Crippen LogP contribution in [0.15, 0.2) is 23.1 Å². The van der Waals surface area contributed by atoms with Gasteiger partial charge in [-0.3, -0.25) is 0 Å². The number of benzene rings is 2. The Hall–Kier alpha value is 0.120. The normalized spacial score (nSPS) is 12.0. The Labute approximate surface area is 191 Å². The fourth-order valence-corrected chi connectivity index (χ4v) is 2.95. The van der Waals surface area contributed by atoms with Crippen molar-refractivity contribution in [3.63, 3.8) is 0 Å². The van der Waals surface area contributed by atoms with Gasteiger partial charge >= 0.3 is 59.1 Å². The average molecular weight is 406 g/mol. The zero-order chi connectivity index (χ0) is 17.4. The van der Waals surface area contributed by atoms with Crippen LogP contribution in [0.3, 0.4) is 0 Å². The number of rotatable bonds is 5. The van der Waals surface area contributed by atoms with E-state index < -0.39 is 26.4 Å². The molecule has 0 aromatic heterocycles. The van der Waals surface area contributed by atoms with Crippen LogP contribution in [-0.4, -0.2) is 33.4 Å². The molecule has 1 unspecified atom stereocenters. The Bertz CT molecular complexity index is 899. The second-order valence-corrected chi connectivity index (χ2v) is 6.50. The molecule has 1 N–H and O–H groups in total. The summed E-state index contributed by atoms with van der Waals surface area (Å²) in [5.74, 6) is -0.526. The standard InChI is InChI=1S/C13H14O8S2.2Na/c1-3-20-11-6-9(23(17,18)19)4-8-5-10(21-22(15)16)7(2)13(14)12(8)11;;/h4-6,14H,3H2,1-2H3,(H,15,16)(H,17,18,19);;/q;2*+1/p-2. The Kier molecular flexibility index (Phi) is 9.93. The molecule has 12 heteroatoms. The van der Waals surface area contributed by atoms with Crippen molar-refractivity contribution in [2.24, 2.45) is 0 Å². The predicted molar refractivity (Wildman–Crippen MR) is 79.0 cm³/mol. The predicted octanol–water partition coefficient (Wildman–Crippen LogP) is -4.66. The molecule has 2 aromatic carbocycles. The second-order valence-electron chi connectivity index (χ2n) is 4.54. The van der Waals surface area contributed by atoms with Crippen LogP contribution in [0.1, 0.15) is 12.5 Å². The van der Waals surface area contributed by atoms with Crippen molar-refractivity contribution in [3.05, 3.63) is 23.8 Å². The molecule has 0 amide bonds. The van der Waals surface area contributed by atoms with E-state index in [1.807, 2.05) is 0 Å². The maximum Gasteiger partial charge on any atom is 1.00 e. The summed E-state index contributed by atoms with van der Waals surface area (Å²) in [6.07, 6.45) is 0. The molecule has 0 aliphatic carbocycles. The number of fused-ring (bicyclic) bond motifs is 1. The zero-order valence-electron chi connectivity index (χ0n) is 14.1. The van der Waals surface area contributed by atoms with Crippen molar-refractivity contribution in [2.75, 3.05) is 6.61 Å². The minimum absolute atomic E-state index is 0. The number of hydrogen-bond acceptors (Lipinski definition) is 8. The van der Waals surface area contributed by atoms with Gasteiger partial charge in [-0.2, -0.15) is 0 Å². The fraction of sp³-hybridized carbons (Fsp3) is 0.231. The van der Waals surface area contributed by atoms with Crippen molar-refractivity contribution >= 4 is 32.3 Å². The first-order valence-electron chi connectivity index (χ1n) is 6.31. The third-order valence-corrected chi connectivity index (χ3v) is 4.23. The SMILES string of the molecule is CCOc1cc(S(=O)(=O)[O-])cc2cc(OS(=O)[O-])c(C)c(O)c12.[Na+].[Na+]. The molecule has 0 heterocycles. The van der Waals surface area contributed by atoms with Crippen LogP contribution in [0.2, 0.25) is 0 Å². The van der Waals surface area contributed by atoms with Gasteiger partial charge in [0.15, 0.2) is 0 Å². The molecule has 2 rings (SSSR count). The van der Waals surface area contributed by atoms with E-state index >= 15 is 0 Å². The van der Waals surface area contributed by atoms with Gasteiger partial charge in [-0.25, -0.2) is 12.6 Å². The van der Waals surface area contributed by atoms with Crippen LogP contribution in [0, 0.1) is 6.92 Å². The van der Waals surface area contributed by atoms with Gasteiger partial charge in [-0.15, -0.1) is 0 Å². The molecule has 0 bridgehead atoms. The summed E-state index contributed by atoms with van der Waals surface area (Å²) in [6, 6.07) is 3.23. The average Bonchev–Trinajstić information content (AvgIpc) is 2.42. The Morgan fingerprint density at radius 3 is 2.28 bits per heavy atom. The third-order valence-electron chi connectivity index (χ3n) is 3.10. The molecule has 0 fully saturated rings. The van der Waals surface area contributed by atoms with Crippen LogP contribution in [-0.2, 0) is 21.5 Å². The molecule has 8 nitrogen and oxygen atoms in total. The van der Waals surface area contributed by atoms with Crippen molar-refractivity contribution in [2.45, 2.75) is 18.7 Å². The van der Waals surface area contributed by atoms with Gasteiger partial charge in [-0.05, 0) is 37.4 Å². The van der Waals surface area contributed by atoms with E-state index in [4.69, 9.17) is 4.74 Å². The molecule has 0 radical (unpaired) electrons. The van der Waals surface area contributed by atoms with Crippen molar-refractivity contribution in [3.8, 4) is 17.2 Å². The molecule has 0 aliphatic rings. The van der Waals surface area contributed by atoms with Crippen LogP contribution < -0.4 is 68.0 Å². The molecule has 25 heavy (non-hydrogen) atoms. The second kappa shape index (κ2) is 9.88. The molecule has 126 valence electrons. The number of hydrogen-bond donors (Lipinski definition) is 1. The molecular formula is C13H12Na2O8S2. The first-order chi connectivity index (χ1) is 10.6. The Balaban J connectivity index is 0.00000288. The molecule has 1 atom stereocenters. The van der Waals surface area contributed by atoms with Gasteiger partial charge < -0.3 is 23.1 Å². The van der Waals surface area contributed by atoms with Gasteiger partial charge in [-0.1, -0.05) is 0 Å². The maximum atomic E-state index is 11.2. The number of aromatic hydroxyl groups is 1. The van der Waals surface area contributed by atoms with Gasteiger partial charge in [0.25, 0.3) is 0 Å². The summed E-state index contributed by atoms with van der Waals surface area (Å²) in [6.45, 7) is 3.23. The van der Waals surface area contributed by atoms with Crippen LogP contribution in [0.5, 0.6) is 17.2 Å². The quantitative estimate of drug-likeness (QED) is 0.297. The maximum absolute atomic E-state index is 11.2. The van der Waals surface area contributed by atoms with Crippen LogP contribution in [0.4, 0.5) is 0 Å². The zero-order valence-corrected chi connectivity index (χ0v) is 19.7. The third kappa shape index (κ3) is 5.80. The van der Waals surface area contributed by atoms with E-state index in [1.54, 1.807) is 6.92 Å². The summed E-state index contributed by atoms with van der Waals surface area (Å²) >= 11 is -2.88. The first kappa shape index (κ1) is 25.1. The number of ether oxygens (including phenoxy) is 1. The summed E-state index contributed by atoms with van der Waals surface area (Å²) in [5, 5.41) is 10.5. The van der Waals surface area contributed by atoms with Crippen molar-refractivity contribution in [1.29, 1.82) is 0 Å². The summed E-state index contributed by atoms with van der Waals surface area (Å²) in [5.41, 5.74) is 0.125. The van der Waals surface area contributed by atoms with E-state index in [0.717, 1.165) is 12.1 Å². The number of phenolic OH excluding ortho intramolecular Hbond substituents is 1. The van der Waals surface area contributed by atoms with E-state index in [1.165, 1.54) is 13.0 Å². The van der Waals surface area contributed by atoms with Gasteiger partial charge in [0.05, 0.1) is 16.9 Å². The molecular weight excluding hydrogens is 394 g/mol. The van der Waals surface area contributed by atoms with E-state index in [9.17, 15) is 26.8 Å². The van der Waals surface area contributed by atoms with Gasteiger partial charge in [0, 0.05) is 5.56 Å².